The molecule has 0 aliphatic heterocycles. The first-order valence-corrected chi connectivity index (χ1v) is 9.33. The largest absolute Gasteiger partial charge is 0.478 e. The fourth-order valence-corrected chi connectivity index (χ4v) is 4.30. The molecule has 0 amide bonds. The molecule has 1 N–H and O–H groups in total. The summed E-state index contributed by atoms with van der Waals surface area (Å²) in [5, 5.41) is 9.04. The zero-order valence-electron chi connectivity index (χ0n) is 11.4. The van der Waals surface area contributed by atoms with Gasteiger partial charge in [0.15, 0.2) is 0 Å². The van der Waals surface area contributed by atoms with E-state index in [-0.39, 0.29) is 10.5 Å². The van der Waals surface area contributed by atoms with E-state index < -0.39 is 16.0 Å². The molecule has 0 atom stereocenters. The summed E-state index contributed by atoms with van der Waals surface area (Å²) in [5.41, 5.74) is 0.532. The monoisotopic (exact) mass is 381 g/mol. The van der Waals surface area contributed by atoms with Crippen molar-refractivity contribution >= 4 is 43.7 Å². The van der Waals surface area contributed by atoms with E-state index >= 15 is 0 Å². The minimum atomic E-state index is -3.71. The zero-order valence-corrected chi connectivity index (χ0v) is 14.6. The van der Waals surface area contributed by atoms with Crippen LogP contribution in [0.1, 0.15) is 15.9 Å². The summed E-state index contributed by atoms with van der Waals surface area (Å²) in [6.07, 6.45) is 1.89. The second kappa shape index (κ2) is 6.93. The molecule has 0 aliphatic carbocycles. The lowest BCUT2D eigenvalue weighted by Gasteiger charge is -2.18. The SMILES string of the molecule is CSCCN(C)S(=O)(=O)c1cc(C(=O)O)cc(C)c1Br. The summed E-state index contributed by atoms with van der Waals surface area (Å²) in [4.78, 5) is 11.0. The third-order valence-electron chi connectivity index (χ3n) is 2.77. The van der Waals surface area contributed by atoms with Crippen LogP contribution in [0.2, 0.25) is 0 Å². The van der Waals surface area contributed by atoms with Crippen LogP contribution in [0.3, 0.4) is 0 Å². The molecule has 1 rings (SSSR count). The number of thioether (sulfide) groups is 1. The molecule has 0 spiro atoms. The van der Waals surface area contributed by atoms with Gasteiger partial charge in [0.05, 0.1) is 10.5 Å². The van der Waals surface area contributed by atoms with Gasteiger partial charge in [-0.05, 0) is 46.8 Å². The highest BCUT2D eigenvalue weighted by Crippen LogP contribution is 2.29. The first kappa shape index (κ1) is 17.5. The van der Waals surface area contributed by atoms with Crippen molar-refractivity contribution in [1.29, 1.82) is 0 Å². The Labute approximate surface area is 131 Å². The van der Waals surface area contributed by atoms with Gasteiger partial charge in [-0.15, -0.1) is 0 Å². The third-order valence-corrected chi connectivity index (χ3v) is 6.55. The molecule has 0 saturated heterocycles. The van der Waals surface area contributed by atoms with Crippen molar-refractivity contribution in [3.8, 4) is 0 Å². The maximum atomic E-state index is 12.5. The van der Waals surface area contributed by atoms with Crippen molar-refractivity contribution in [2.24, 2.45) is 0 Å². The zero-order chi connectivity index (χ0) is 15.5. The number of carbonyl (C=O) groups is 1. The molecule has 0 heterocycles. The molecular weight excluding hydrogens is 366 g/mol. The number of rotatable bonds is 6. The minimum absolute atomic E-state index is 0.0153. The predicted octanol–water partition coefficient (Wildman–Crippen LogP) is 2.44. The Bertz CT molecular complexity index is 616. The first-order chi connectivity index (χ1) is 9.21. The number of aryl methyl sites for hydroxylation is 1. The summed E-state index contributed by atoms with van der Waals surface area (Å²) in [6, 6.07) is 2.62. The molecule has 8 heteroatoms. The van der Waals surface area contributed by atoms with Crippen LogP contribution in [-0.2, 0) is 10.0 Å². The van der Waals surface area contributed by atoms with E-state index in [0.717, 1.165) is 0 Å². The van der Waals surface area contributed by atoms with E-state index in [1.165, 1.54) is 23.5 Å². The molecule has 0 aromatic heterocycles. The number of nitrogens with zero attached hydrogens (tertiary/aromatic N) is 1. The van der Waals surface area contributed by atoms with E-state index in [9.17, 15) is 13.2 Å². The Hall–Kier alpha value is -0.570. The molecular formula is C12H16BrNO4S2. The number of aromatic carboxylic acids is 1. The van der Waals surface area contributed by atoms with Gasteiger partial charge in [-0.2, -0.15) is 11.8 Å². The van der Waals surface area contributed by atoms with Gasteiger partial charge in [0, 0.05) is 23.8 Å². The standard InChI is InChI=1S/C12H16BrNO4S2/c1-8-6-9(12(15)16)7-10(11(8)13)20(17,18)14(2)4-5-19-3/h6-7H,4-5H2,1-3H3,(H,15,16). The molecule has 0 aliphatic rings. The van der Waals surface area contributed by atoms with Gasteiger partial charge < -0.3 is 5.11 Å². The Morgan fingerprint density at radius 3 is 2.55 bits per heavy atom. The van der Waals surface area contributed by atoms with Gasteiger partial charge in [-0.3, -0.25) is 0 Å². The lowest BCUT2D eigenvalue weighted by atomic mass is 10.1. The number of benzene rings is 1. The maximum Gasteiger partial charge on any atom is 0.335 e. The van der Waals surface area contributed by atoms with Gasteiger partial charge >= 0.3 is 5.97 Å². The van der Waals surface area contributed by atoms with Crippen molar-refractivity contribution in [2.75, 3.05) is 25.6 Å². The highest BCUT2D eigenvalue weighted by Gasteiger charge is 2.25. The lowest BCUT2D eigenvalue weighted by molar-refractivity contribution is 0.0696. The maximum absolute atomic E-state index is 12.5. The van der Waals surface area contributed by atoms with E-state index in [1.54, 1.807) is 18.7 Å². The molecule has 1 aromatic rings. The van der Waals surface area contributed by atoms with Gasteiger partial charge in [-0.1, -0.05) is 0 Å². The molecule has 1 aromatic carbocycles. The van der Waals surface area contributed by atoms with Gasteiger partial charge in [0.25, 0.3) is 0 Å². The highest BCUT2D eigenvalue weighted by molar-refractivity contribution is 9.10. The van der Waals surface area contributed by atoms with Crippen LogP contribution in [0.15, 0.2) is 21.5 Å². The van der Waals surface area contributed by atoms with Crippen LogP contribution in [0, 0.1) is 6.92 Å². The minimum Gasteiger partial charge on any atom is -0.478 e. The van der Waals surface area contributed by atoms with Crippen LogP contribution in [0.5, 0.6) is 0 Å². The van der Waals surface area contributed by atoms with Crippen LogP contribution < -0.4 is 0 Å². The topological polar surface area (TPSA) is 74.7 Å². The second-order valence-electron chi connectivity index (χ2n) is 4.23. The van der Waals surface area contributed by atoms with E-state index in [4.69, 9.17) is 5.11 Å². The molecule has 0 bridgehead atoms. The van der Waals surface area contributed by atoms with Crippen molar-refractivity contribution in [3.63, 3.8) is 0 Å². The summed E-state index contributed by atoms with van der Waals surface area (Å²) < 4.78 is 26.6. The average molecular weight is 382 g/mol. The second-order valence-corrected chi connectivity index (χ2v) is 8.02. The number of sulfonamides is 1. The predicted molar refractivity (Wildman–Crippen MR) is 84.0 cm³/mol. The van der Waals surface area contributed by atoms with E-state index in [0.29, 0.717) is 22.3 Å². The van der Waals surface area contributed by atoms with E-state index in [1.807, 2.05) is 6.26 Å². The summed E-state index contributed by atoms with van der Waals surface area (Å²) in [5.74, 6) is -0.478. The quantitative estimate of drug-likeness (QED) is 0.818. The molecule has 0 radical (unpaired) electrons. The highest BCUT2D eigenvalue weighted by atomic mass is 79.9. The summed E-state index contributed by atoms with van der Waals surface area (Å²) in [7, 11) is -2.22. The number of hydrogen-bond donors (Lipinski definition) is 1. The molecule has 0 fully saturated rings. The third kappa shape index (κ3) is 3.75. The Morgan fingerprint density at radius 1 is 1.45 bits per heavy atom. The molecule has 112 valence electrons. The summed E-state index contributed by atoms with van der Waals surface area (Å²) in [6.45, 7) is 2.03. The first-order valence-electron chi connectivity index (χ1n) is 5.70. The van der Waals surface area contributed by atoms with Crippen molar-refractivity contribution in [2.45, 2.75) is 11.8 Å². The normalized spacial score (nSPS) is 11.8. The Kier molecular flexibility index (Phi) is 6.06. The number of carboxylic acids is 1. The molecule has 20 heavy (non-hydrogen) atoms. The summed E-state index contributed by atoms with van der Waals surface area (Å²) >= 11 is 4.78. The van der Waals surface area contributed by atoms with Gasteiger partial charge in [-0.25, -0.2) is 17.5 Å². The fourth-order valence-electron chi connectivity index (χ4n) is 1.56. The number of halogens is 1. The van der Waals surface area contributed by atoms with Crippen molar-refractivity contribution < 1.29 is 18.3 Å². The molecule has 0 unspecified atom stereocenters. The van der Waals surface area contributed by atoms with Crippen LogP contribution in [-0.4, -0.2) is 49.4 Å². The smallest absolute Gasteiger partial charge is 0.335 e. The molecule has 5 nitrogen and oxygen atoms in total. The van der Waals surface area contributed by atoms with Crippen LogP contribution in [0.25, 0.3) is 0 Å². The van der Waals surface area contributed by atoms with Gasteiger partial charge in [0.1, 0.15) is 0 Å². The average Bonchev–Trinajstić information content (AvgIpc) is 2.38. The Morgan fingerprint density at radius 2 is 2.05 bits per heavy atom. The number of hydrogen-bond acceptors (Lipinski definition) is 4. The fraction of sp³-hybridized carbons (Fsp3) is 0.417. The Balaban J connectivity index is 3.34. The van der Waals surface area contributed by atoms with Crippen LogP contribution >= 0.6 is 27.7 Å². The molecule has 0 saturated carbocycles. The van der Waals surface area contributed by atoms with E-state index in [2.05, 4.69) is 15.9 Å². The van der Waals surface area contributed by atoms with Crippen molar-refractivity contribution in [1.82, 2.24) is 4.31 Å². The van der Waals surface area contributed by atoms with Crippen LogP contribution in [0.4, 0.5) is 0 Å². The van der Waals surface area contributed by atoms with Crippen molar-refractivity contribution in [3.05, 3.63) is 27.7 Å². The lowest BCUT2D eigenvalue weighted by Crippen LogP contribution is -2.29. The number of carboxylic acid groups (broad SMARTS) is 1. The van der Waals surface area contributed by atoms with Gasteiger partial charge in [0.2, 0.25) is 10.0 Å².